The standard InChI is InChI=1S/C21H31NO4/c1-4-26-19(25)12-11-15-20(2,10-8-17(24)22-15)14-7-9-21(3)13(18(12)14)5-6-16(21)23/h12-15,18H,4-11H2,1-3H3,(H,22,24)/t12-,13-,14-,15+,18-,20+,21-/m0/s1. The van der Waals surface area contributed by atoms with E-state index in [0.717, 1.165) is 25.7 Å². The van der Waals surface area contributed by atoms with E-state index in [1.807, 2.05) is 6.92 Å². The predicted molar refractivity (Wildman–Crippen MR) is 96.1 cm³/mol. The van der Waals surface area contributed by atoms with E-state index >= 15 is 0 Å². The average molecular weight is 361 g/mol. The number of Topliss-reactive ketones (excluding diaryl/α,β-unsaturated/α-hetero) is 1. The number of amides is 1. The van der Waals surface area contributed by atoms with Gasteiger partial charge in [0.1, 0.15) is 5.78 Å². The molecule has 26 heavy (non-hydrogen) atoms. The number of piperidine rings is 1. The Morgan fingerprint density at radius 2 is 1.92 bits per heavy atom. The maximum absolute atomic E-state index is 12.9. The summed E-state index contributed by atoms with van der Waals surface area (Å²) in [7, 11) is 0. The van der Waals surface area contributed by atoms with Gasteiger partial charge in [-0.2, -0.15) is 0 Å². The lowest BCUT2D eigenvalue weighted by atomic mass is 9.45. The van der Waals surface area contributed by atoms with E-state index in [-0.39, 0.29) is 46.5 Å². The number of rotatable bonds is 2. The second kappa shape index (κ2) is 6.07. The van der Waals surface area contributed by atoms with Gasteiger partial charge in [-0.05, 0) is 62.2 Å². The number of carbonyl (C=O) groups excluding carboxylic acids is 3. The lowest BCUT2D eigenvalue weighted by Gasteiger charge is -2.61. The molecule has 1 heterocycles. The number of ketones is 1. The Kier molecular flexibility index (Phi) is 4.20. The topological polar surface area (TPSA) is 72.5 Å². The first-order valence-electron chi connectivity index (χ1n) is 10.3. The zero-order valence-corrected chi connectivity index (χ0v) is 16.2. The summed E-state index contributed by atoms with van der Waals surface area (Å²) in [4.78, 5) is 37.5. The van der Waals surface area contributed by atoms with Crippen molar-refractivity contribution in [3.8, 4) is 0 Å². The molecule has 3 saturated carbocycles. The minimum absolute atomic E-state index is 0.0224. The largest absolute Gasteiger partial charge is 0.466 e. The van der Waals surface area contributed by atoms with Crippen molar-refractivity contribution in [2.24, 2.45) is 34.5 Å². The van der Waals surface area contributed by atoms with Gasteiger partial charge in [0, 0.05) is 24.3 Å². The van der Waals surface area contributed by atoms with Crippen LogP contribution in [0.1, 0.15) is 65.7 Å². The summed E-state index contributed by atoms with van der Waals surface area (Å²) in [5, 5.41) is 3.18. The first kappa shape index (κ1) is 18.0. The van der Waals surface area contributed by atoms with Crippen LogP contribution >= 0.6 is 0 Å². The Bertz CT molecular complexity index is 646. The van der Waals surface area contributed by atoms with Crippen LogP contribution in [0.25, 0.3) is 0 Å². The highest BCUT2D eigenvalue weighted by Gasteiger charge is 2.64. The minimum atomic E-state index is -0.271. The minimum Gasteiger partial charge on any atom is -0.466 e. The van der Waals surface area contributed by atoms with Crippen molar-refractivity contribution in [2.45, 2.75) is 71.8 Å². The summed E-state index contributed by atoms with van der Waals surface area (Å²) in [5.74, 6) is 1.01. The number of hydrogen-bond acceptors (Lipinski definition) is 4. The van der Waals surface area contributed by atoms with Gasteiger partial charge in [0.2, 0.25) is 5.91 Å². The van der Waals surface area contributed by atoms with E-state index in [4.69, 9.17) is 4.74 Å². The molecule has 4 aliphatic rings. The van der Waals surface area contributed by atoms with Gasteiger partial charge in [-0.15, -0.1) is 0 Å². The fraction of sp³-hybridized carbons (Fsp3) is 0.857. The Labute approximate surface area is 155 Å². The van der Waals surface area contributed by atoms with Crippen LogP contribution in [0.5, 0.6) is 0 Å². The molecule has 4 rings (SSSR count). The van der Waals surface area contributed by atoms with Crippen LogP contribution in [0.3, 0.4) is 0 Å². The zero-order chi connectivity index (χ0) is 18.7. The van der Waals surface area contributed by atoms with Crippen molar-refractivity contribution in [3.63, 3.8) is 0 Å². The Hall–Kier alpha value is -1.39. The molecule has 0 aromatic rings. The van der Waals surface area contributed by atoms with E-state index < -0.39 is 0 Å². The first-order valence-corrected chi connectivity index (χ1v) is 10.3. The fourth-order valence-corrected chi connectivity index (χ4v) is 6.97. The van der Waals surface area contributed by atoms with Crippen LogP contribution in [0, 0.1) is 34.5 Å². The van der Waals surface area contributed by atoms with Gasteiger partial charge >= 0.3 is 5.97 Å². The summed E-state index contributed by atoms with van der Waals surface area (Å²) in [6.45, 7) is 6.65. The van der Waals surface area contributed by atoms with Gasteiger partial charge in [-0.25, -0.2) is 0 Å². The first-order chi connectivity index (χ1) is 12.3. The van der Waals surface area contributed by atoms with Crippen molar-refractivity contribution >= 4 is 17.7 Å². The van der Waals surface area contributed by atoms with E-state index in [0.29, 0.717) is 37.6 Å². The molecule has 0 spiro atoms. The van der Waals surface area contributed by atoms with E-state index in [2.05, 4.69) is 19.2 Å². The maximum atomic E-state index is 12.9. The molecule has 0 bridgehead atoms. The van der Waals surface area contributed by atoms with Crippen molar-refractivity contribution in [3.05, 3.63) is 0 Å². The molecule has 0 aromatic carbocycles. The molecule has 7 atom stereocenters. The molecule has 4 fully saturated rings. The lowest BCUT2D eigenvalue weighted by Crippen LogP contribution is -2.64. The van der Waals surface area contributed by atoms with Crippen LogP contribution in [0.2, 0.25) is 0 Å². The van der Waals surface area contributed by atoms with Crippen LogP contribution < -0.4 is 5.32 Å². The Balaban J connectivity index is 1.74. The number of esters is 1. The fourth-order valence-electron chi connectivity index (χ4n) is 6.97. The third-order valence-corrected chi connectivity index (χ3v) is 8.45. The zero-order valence-electron chi connectivity index (χ0n) is 16.2. The van der Waals surface area contributed by atoms with Crippen molar-refractivity contribution in [1.82, 2.24) is 5.32 Å². The highest BCUT2D eigenvalue weighted by Crippen LogP contribution is 2.64. The molecule has 1 saturated heterocycles. The molecule has 5 heteroatoms. The molecule has 0 unspecified atom stereocenters. The predicted octanol–water partition coefficient (Wildman–Crippen LogP) is 2.87. The smallest absolute Gasteiger partial charge is 0.309 e. The molecule has 1 amide bonds. The number of hydrogen-bond donors (Lipinski definition) is 1. The Morgan fingerprint density at radius 3 is 2.65 bits per heavy atom. The second-order valence-electron chi connectivity index (χ2n) is 9.43. The maximum Gasteiger partial charge on any atom is 0.309 e. The Morgan fingerprint density at radius 1 is 1.15 bits per heavy atom. The monoisotopic (exact) mass is 361 g/mol. The third-order valence-electron chi connectivity index (χ3n) is 8.45. The molecule has 0 aromatic heterocycles. The van der Waals surface area contributed by atoms with Gasteiger partial charge in [0.25, 0.3) is 0 Å². The normalized spacial score (nSPS) is 47.4. The third kappa shape index (κ3) is 2.38. The number of ether oxygens (including phenoxy) is 1. The van der Waals surface area contributed by atoms with E-state index in [1.54, 1.807) is 0 Å². The lowest BCUT2D eigenvalue weighted by molar-refractivity contribution is -0.172. The average Bonchev–Trinajstić information content (AvgIpc) is 2.90. The van der Waals surface area contributed by atoms with E-state index in [9.17, 15) is 14.4 Å². The van der Waals surface area contributed by atoms with Gasteiger partial charge in [0.05, 0.1) is 12.5 Å². The molecule has 3 aliphatic carbocycles. The van der Waals surface area contributed by atoms with Gasteiger partial charge in [0.15, 0.2) is 0 Å². The molecule has 1 N–H and O–H groups in total. The molecule has 0 radical (unpaired) electrons. The summed E-state index contributed by atoms with van der Waals surface area (Å²) in [5.41, 5.74) is -0.248. The van der Waals surface area contributed by atoms with Crippen LogP contribution in [-0.4, -0.2) is 30.3 Å². The quantitative estimate of drug-likeness (QED) is 0.768. The van der Waals surface area contributed by atoms with Crippen LogP contribution in [-0.2, 0) is 19.1 Å². The molecule has 5 nitrogen and oxygen atoms in total. The highest BCUT2D eigenvalue weighted by molar-refractivity contribution is 5.87. The SMILES string of the molecule is CCOC(=O)[C@H]1C[C@H]2NC(=O)CC[C@]2(C)[C@H]2CC[C@]3(C)C(=O)CC[C@H]3[C@H]12. The molecule has 144 valence electrons. The molecule has 1 aliphatic heterocycles. The van der Waals surface area contributed by atoms with Crippen LogP contribution in [0.15, 0.2) is 0 Å². The van der Waals surface area contributed by atoms with Gasteiger partial charge in [-0.1, -0.05) is 13.8 Å². The number of fused-ring (bicyclic) bond motifs is 5. The van der Waals surface area contributed by atoms with Gasteiger partial charge in [-0.3, -0.25) is 14.4 Å². The molecular formula is C21H31NO4. The second-order valence-corrected chi connectivity index (χ2v) is 9.43. The summed E-state index contributed by atoms with van der Waals surface area (Å²) < 4.78 is 5.44. The van der Waals surface area contributed by atoms with Gasteiger partial charge < -0.3 is 10.1 Å². The van der Waals surface area contributed by atoms with Crippen LogP contribution in [0.4, 0.5) is 0 Å². The summed E-state index contributed by atoms with van der Waals surface area (Å²) >= 11 is 0. The van der Waals surface area contributed by atoms with Crippen molar-refractivity contribution < 1.29 is 19.1 Å². The summed E-state index contributed by atoms with van der Waals surface area (Å²) in [6.07, 6.45) is 5.56. The number of nitrogens with one attached hydrogen (secondary N) is 1. The highest BCUT2D eigenvalue weighted by atomic mass is 16.5. The van der Waals surface area contributed by atoms with E-state index in [1.165, 1.54) is 0 Å². The number of carbonyl (C=O) groups is 3. The molecular weight excluding hydrogens is 330 g/mol. The van der Waals surface area contributed by atoms with Crippen molar-refractivity contribution in [2.75, 3.05) is 6.61 Å². The summed E-state index contributed by atoms with van der Waals surface area (Å²) in [6, 6.07) is 0.0425. The van der Waals surface area contributed by atoms with Crippen molar-refractivity contribution in [1.29, 1.82) is 0 Å².